The zero-order chi connectivity index (χ0) is 11.3. The second-order valence-electron chi connectivity index (χ2n) is 3.72. The maximum absolute atomic E-state index is 5.98. The van der Waals surface area contributed by atoms with Crippen molar-refractivity contribution in [1.29, 1.82) is 0 Å². The molecule has 0 aromatic heterocycles. The van der Waals surface area contributed by atoms with Crippen LogP contribution in [0.25, 0.3) is 0 Å². The minimum atomic E-state index is 0.243. The maximum Gasteiger partial charge on any atom is 0.121 e. The van der Waals surface area contributed by atoms with Crippen LogP contribution in [-0.4, -0.2) is 25.2 Å². The van der Waals surface area contributed by atoms with E-state index in [-0.39, 0.29) is 6.04 Å². The molecule has 0 aliphatic heterocycles. The summed E-state index contributed by atoms with van der Waals surface area (Å²) in [6.07, 6.45) is 3.02. The lowest BCUT2D eigenvalue weighted by atomic mass is 10.0. The van der Waals surface area contributed by atoms with Crippen LogP contribution in [0.1, 0.15) is 11.1 Å². The van der Waals surface area contributed by atoms with Gasteiger partial charge in [0.2, 0.25) is 0 Å². The van der Waals surface area contributed by atoms with E-state index < -0.39 is 0 Å². The molecule has 0 aliphatic rings. The molecule has 2 nitrogen and oxygen atoms in total. The van der Waals surface area contributed by atoms with Gasteiger partial charge in [0.05, 0.1) is 7.11 Å². The van der Waals surface area contributed by atoms with E-state index in [1.54, 1.807) is 18.9 Å². The van der Waals surface area contributed by atoms with Crippen LogP contribution >= 0.6 is 11.8 Å². The fourth-order valence-corrected chi connectivity index (χ4v) is 2.19. The van der Waals surface area contributed by atoms with Gasteiger partial charge in [-0.1, -0.05) is 12.1 Å². The molecule has 0 saturated carbocycles. The van der Waals surface area contributed by atoms with Gasteiger partial charge in [0, 0.05) is 11.8 Å². The molecule has 0 radical (unpaired) electrons. The van der Waals surface area contributed by atoms with Gasteiger partial charge in [0.25, 0.3) is 0 Å². The molecule has 0 unspecified atom stereocenters. The van der Waals surface area contributed by atoms with Gasteiger partial charge < -0.3 is 10.5 Å². The molecule has 15 heavy (non-hydrogen) atoms. The Morgan fingerprint density at radius 2 is 2.20 bits per heavy atom. The largest absolute Gasteiger partial charge is 0.496 e. The molecule has 1 rings (SSSR count). The third-order valence-electron chi connectivity index (χ3n) is 2.34. The van der Waals surface area contributed by atoms with Crippen molar-refractivity contribution in [2.24, 2.45) is 5.73 Å². The van der Waals surface area contributed by atoms with Crippen molar-refractivity contribution in [2.45, 2.75) is 19.4 Å². The lowest BCUT2D eigenvalue weighted by Crippen LogP contribution is -2.25. The topological polar surface area (TPSA) is 35.2 Å². The molecule has 84 valence electrons. The van der Waals surface area contributed by atoms with Gasteiger partial charge in [-0.15, -0.1) is 0 Å². The molecule has 0 saturated heterocycles. The Morgan fingerprint density at radius 3 is 2.73 bits per heavy atom. The van der Waals surface area contributed by atoms with Crippen LogP contribution in [-0.2, 0) is 6.42 Å². The van der Waals surface area contributed by atoms with Gasteiger partial charge in [-0.05, 0) is 36.8 Å². The number of thioether (sulfide) groups is 1. The minimum absolute atomic E-state index is 0.243. The second-order valence-corrected chi connectivity index (χ2v) is 4.63. The molecule has 0 amide bonds. The first kappa shape index (κ1) is 12.4. The number of hydrogen-bond donors (Lipinski definition) is 1. The summed E-state index contributed by atoms with van der Waals surface area (Å²) in [5.74, 6) is 1.95. The van der Waals surface area contributed by atoms with Crippen LogP contribution in [0.5, 0.6) is 5.75 Å². The van der Waals surface area contributed by atoms with E-state index in [2.05, 4.69) is 25.3 Å². The highest BCUT2D eigenvalue weighted by Gasteiger charge is 2.05. The maximum atomic E-state index is 5.98. The predicted octanol–water partition coefficient (Wildman–Crippen LogP) is 2.24. The fraction of sp³-hybridized carbons (Fsp3) is 0.500. The van der Waals surface area contributed by atoms with Crippen LogP contribution in [0.3, 0.4) is 0 Å². The minimum Gasteiger partial charge on any atom is -0.496 e. The number of methoxy groups -OCH3 is 1. The Morgan fingerprint density at radius 1 is 1.47 bits per heavy atom. The summed E-state index contributed by atoms with van der Waals surface area (Å²) in [5.41, 5.74) is 8.44. The van der Waals surface area contributed by atoms with E-state index in [1.807, 2.05) is 6.07 Å². The van der Waals surface area contributed by atoms with Gasteiger partial charge in [-0.2, -0.15) is 11.8 Å². The first-order valence-electron chi connectivity index (χ1n) is 5.05. The zero-order valence-electron chi connectivity index (χ0n) is 9.62. The average molecular weight is 225 g/mol. The SMILES string of the molecule is COc1ccc(C[C@H](N)CSC)cc1C. The summed E-state index contributed by atoms with van der Waals surface area (Å²) in [6, 6.07) is 6.49. The number of rotatable bonds is 5. The average Bonchev–Trinajstić information content (AvgIpc) is 2.18. The van der Waals surface area contributed by atoms with Crippen LogP contribution in [0.15, 0.2) is 18.2 Å². The van der Waals surface area contributed by atoms with E-state index in [0.717, 1.165) is 17.9 Å². The first-order chi connectivity index (χ1) is 7.17. The van der Waals surface area contributed by atoms with Crippen LogP contribution in [0, 0.1) is 6.92 Å². The van der Waals surface area contributed by atoms with Gasteiger partial charge in [-0.3, -0.25) is 0 Å². The number of nitrogens with two attached hydrogens (primary N) is 1. The Balaban J connectivity index is 2.66. The van der Waals surface area contributed by atoms with Crippen molar-refractivity contribution in [3.8, 4) is 5.75 Å². The molecule has 0 spiro atoms. The van der Waals surface area contributed by atoms with Crippen LogP contribution < -0.4 is 10.5 Å². The van der Waals surface area contributed by atoms with E-state index >= 15 is 0 Å². The Kier molecular flexibility index (Phi) is 4.99. The molecular weight excluding hydrogens is 206 g/mol. The summed E-state index contributed by atoms with van der Waals surface area (Å²) >= 11 is 1.79. The number of ether oxygens (including phenoxy) is 1. The van der Waals surface area contributed by atoms with E-state index in [4.69, 9.17) is 10.5 Å². The standard InChI is InChI=1S/C12H19NOS/c1-9-6-10(4-5-12(9)14-2)7-11(13)8-15-3/h4-6,11H,7-8,13H2,1-3H3/t11-/m0/s1. The molecule has 1 aromatic carbocycles. The second kappa shape index (κ2) is 6.03. The summed E-state index contributed by atoms with van der Waals surface area (Å²) in [6.45, 7) is 2.06. The monoisotopic (exact) mass is 225 g/mol. The van der Waals surface area contributed by atoms with Gasteiger partial charge in [0.15, 0.2) is 0 Å². The third kappa shape index (κ3) is 3.76. The molecule has 3 heteroatoms. The van der Waals surface area contributed by atoms with Crippen molar-refractivity contribution in [3.63, 3.8) is 0 Å². The summed E-state index contributed by atoms with van der Waals surface area (Å²) < 4.78 is 5.22. The van der Waals surface area contributed by atoms with E-state index in [0.29, 0.717) is 0 Å². The fourth-order valence-electron chi connectivity index (χ4n) is 1.64. The molecule has 2 N–H and O–H groups in total. The van der Waals surface area contributed by atoms with Gasteiger partial charge in [0.1, 0.15) is 5.75 Å². The molecule has 0 heterocycles. The molecule has 0 bridgehead atoms. The quantitative estimate of drug-likeness (QED) is 0.834. The summed E-state index contributed by atoms with van der Waals surface area (Å²) in [5, 5.41) is 0. The van der Waals surface area contributed by atoms with Crippen molar-refractivity contribution in [2.75, 3.05) is 19.1 Å². The van der Waals surface area contributed by atoms with E-state index in [1.165, 1.54) is 11.1 Å². The lowest BCUT2D eigenvalue weighted by Gasteiger charge is -2.11. The molecule has 1 aromatic rings. The normalized spacial score (nSPS) is 12.5. The highest BCUT2D eigenvalue weighted by atomic mass is 32.2. The molecule has 0 fully saturated rings. The molecular formula is C12H19NOS. The molecule has 1 atom stereocenters. The van der Waals surface area contributed by atoms with Crippen LogP contribution in [0.4, 0.5) is 0 Å². The lowest BCUT2D eigenvalue weighted by molar-refractivity contribution is 0.411. The number of benzene rings is 1. The van der Waals surface area contributed by atoms with Crippen molar-refractivity contribution >= 4 is 11.8 Å². The summed E-state index contributed by atoms with van der Waals surface area (Å²) in [4.78, 5) is 0. The Labute approximate surface area is 96.2 Å². The first-order valence-corrected chi connectivity index (χ1v) is 6.44. The van der Waals surface area contributed by atoms with Crippen molar-refractivity contribution in [3.05, 3.63) is 29.3 Å². The van der Waals surface area contributed by atoms with Gasteiger partial charge >= 0.3 is 0 Å². The number of hydrogen-bond acceptors (Lipinski definition) is 3. The Hall–Kier alpha value is -0.670. The number of aryl methyl sites for hydroxylation is 1. The zero-order valence-corrected chi connectivity index (χ0v) is 10.4. The molecule has 0 aliphatic carbocycles. The van der Waals surface area contributed by atoms with Gasteiger partial charge in [-0.25, -0.2) is 0 Å². The predicted molar refractivity (Wildman–Crippen MR) is 67.8 cm³/mol. The van der Waals surface area contributed by atoms with E-state index in [9.17, 15) is 0 Å². The van der Waals surface area contributed by atoms with Crippen molar-refractivity contribution in [1.82, 2.24) is 0 Å². The third-order valence-corrected chi connectivity index (χ3v) is 3.10. The summed E-state index contributed by atoms with van der Waals surface area (Å²) in [7, 11) is 1.70. The highest BCUT2D eigenvalue weighted by molar-refractivity contribution is 7.98. The van der Waals surface area contributed by atoms with Crippen molar-refractivity contribution < 1.29 is 4.74 Å². The smallest absolute Gasteiger partial charge is 0.121 e. The Bertz CT molecular complexity index is 314. The highest BCUT2D eigenvalue weighted by Crippen LogP contribution is 2.19. The van der Waals surface area contributed by atoms with Crippen LogP contribution in [0.2, 0.25) is 0 Å².